The molecule has 37 heavy (non-hydrogen) atoms. The molecule has 0 unspecified atom stereocenters. The Hall–Kier alpha value is -4.24. The molecule has 1 saturated carbocycles. The van der Waals surface area contributed by atoms with E-state index in [-0.39, 0.29) is 30.4 Å². The highest BCUT2D eigenvalue weighted by atomic mass is 16.2. The summed E-state index contributed by atoms with van der Waals surface area (Å²) >= 11 is 0. The molecule has 6 nitrogen and oxygen atoms in total. The summed E-state index contributed by atoms with van der Waals surface area (Å²) in [6.07, 6.45) is 2.16. The van der Waals surface area contributed by atoms with Crippen molar-refractivity contribution in [2.45, 2.75) is 57.4 Å². The standard InChI is InChI=1S/C31H31N3O3/c1-20-16-21(2)18-22(17-20)19-27(28(35)4-3-15-32)34-29(36)25-7-5-23(6-8-25)24-9-11-26(12-10-24)31(13-14-31)30(33)37/h5-12,16-18,27H,3-4,13-14,19H2,1-2H3,(H2,33,37)(H,34,36)/t27-/m0/s1. The van der Waals surface area contributed by atoms with Gasteiger partial charge in [0.1, 0.15) is 0 Å². The molecule has 0 aromatic heterocycles. The first-order valence-electron chi connectivity index (χ1n) is 12.5. The second-order valence-corrected chi connectivity index (χ2v) is 9.95. The van der Waals surface area contributed by atoms with Gasteiger partial charge in [-0.05, 0) is 67.5 Å². The van der Waals surface area contributed by atoms with E-state index in [2.05, 4.69) is 11.4 Å². The smallest absolute Gasteiger partial charge is 0.251 e. The summed E-state index contributed by atoms with van der Waals surface area (Å²) in [7, 11) is 0. The summed E-state index contributed by atoms with van der Waals surface area (Å²) in [5.74, 6) is -0.772. The maximum Gasteiger partial charge on any atom is 0.251 e. The number of nitrogens with two attached hydrogens (primary N) is 1. The molecule has 1 fully saturated rings. The molecule has 3 aromatic carbocycles. The van der Waals surface area contributed by atoms with Gasteiger partial charge < -0.3 is 11.1 Å². The van der Waals surface area contributed by atoms with Crippen molar-refractivity contribution in [3.8, 4) is 17.2 Å². The van der Waals surface area contributed by atoms with Crippen molar-refractivity contribution in [3.63, 3.8) is 0 Å². The topological polar surface area (TPSA) is 113 Å². The summed E-state index contributed by atoms with van der Waals surface area (Å²) in [6.45, 7) is 4.00. The molecule has 1 aliphatic carbocycles. The monoisotopic (exact) mass is 493 g/mol. The summed E-state index contributed by atoms with van der Waals surface area (Å²) in [5, 5.41) is 11.8. The van der Waals surface area contributed by atoms with Crippen LogP contribution in [0.25, 0.3) is 11.1 Å². The molecular formula is C31H31N3O3. The summed E-state index contributed by atoms with van der Waals surface area (Å²) < 4.78 is 0. The predicted molar refractivity (Wildman–Crippen MR) is 143 cm³/mol. The van der Waals surface area contributed by atoms with E-state index in [1.807, 2.05) is 68.4 Å². The van der Waals surface area contributed by atoms with E-state index in [0.717, 1.165) is 46.2 Å². The number of ketones is 1. The Balaban J connectivity index is 1.47. The zero-order valence-electron chi connectivity index (χ0n) is 21.2. The van der Waals surface area contributed by atoms with Crippen LogP contribution < -0.4 is 11.1 Å². The van der Waals surface area contributed by atoms with E-state index in [4.69, 9.17) is 11.0 Å². The summed E-state index contributed by atoms with van der Waals surface area (Å²) in [5.41, 5.74) is 11.5. The van der Waals surface area contributed by atoms with E-state index < -0.39 is 11.5 Å². The van der Waals surface area contributed by atoms with Crippen LogP contribution in [0.2, 0.25) is 0 Å². The van der Waals surface area contributed by atoms with Gasteiger partial charge in [0, 0.05) is 18.4 Å². The van der Waals surface area contributed by atoms with E-state index in [0.29, 0.717) is 12.0 Å². The first-order chi connectivity index (χ1) is 17.7. The highest BCUT2D eigenvalue weighted by Crippen LogP contribution is 2.48. The molecule has 1 aliphatic rings. The molecule has 188 valence electrons. The van der Waals surface area contributed by atoms with Crippen LogP contribution in [0.4, 0.5) is 0 Å². The van der Waals surface area contributed by atoms with Crippen LogP contribution in [0.15, 0.2) is 66.7 Å². The zero-order chi connectivity index (χ0) is 26.6. The molecule has 3 aromatic rings. The lowest BCUT2D eigenvalue weighted by molar-refractivity contribution is -0.121. The van der Waals surface area contributed by atoms with Crippen LogP contribution >= 0.6 is 0 Å². The van der Waals surface area contributed by atoms with Crippen LogP contribution in [-0.2, 0) is 21.4 Å². The van der Waals surface area contributed by atoms with Crippen LogP contribution in [0.1, 0.15) is 58.3 Å². The van der Waals surface area contributed by atoms with Gasteiger partial charge in [-0.15, -0.1) is 0 Å². The van der Waals surface area contributed by atoms with Crippen LogP contribution in [0.5, 0.6) is 0 Å². The minimum absolute atomic E-state index is 0.0955. The second-order valence-electron chi connectivity index (χ2n) is 9.95. The van der Waals surface area contributed by atoms with Crippen molar-refractivity contribution in [2.24, 2.45) is 5.73 Å². The number of hydrogen-bond acceptors (Lipinski definition) is 4. The van der Waals surface area contributed by atoms with E-state index in [9.17, 15) is 14.4 Å². The quantitative estimate of drug-likeness (QED) is 0.426. The largest absolute Gasteiger partial charge is 0.369 e. The minimum atomic E-state index is -0.714. The van der Waals surface area contributed by atoms with Gasteiger partial charge >= 0.3 is 0 Å². The van der Waals surface area contributed by atoms with Crippen LogP contribution in [0, 0.1) is 25.2 Å². The van der Waals surface area contributed by atoms with Gasteiger partial charge in [0.25, 0.3) is 5.91 Å². The maximum absolute atomic E-state index is 13.1. The second kappa shape index (κ2) is 10.8. The predicted octanol–water partition coefficient (Wildman–Crippen LogP) is 4.70. The number of carbonyl (C=O) groups excluding carboxylic acids is 3. The van der Waals surface area contributed by atoms with Gasteiger partial charge in [-0.25, -0.2) is 0 Å². The fourth-order valence-corrected chi connectivity index (χ4v) is 4.86. The van der Waals surface area contributed by atoms with Crippen molar-refractivity contribution in [2.75, 3.05) is 0 Å². The Kier molecular flexibility index (Phi) is 7.54. The normalized spacial score (nSPS) is 14.3. The zero-order valence-corrected chi connectivity index (χ0v) is 21.2. The molecule has 0 bridgehead atoms. The first-order valence-corrected chi connectivity index (χ1v) is 12.5. The molecule has 2 amide bonds. The van der Waals surface area contributed by atoms with E-state index >= 15 is 0 Å². The Labute approximate surface area is 217 Å². The Morgan fingerprint density at radius 1 is 0.946 bits per heavy atom. The van der Waals surface area contributed by atoms with Gasteiger partial charge in [-0.1, -0.05) is 65.7 Å². The van der Waals surface area contributed by atoms with Crippen molar-refractivity contribution in [3.05, 3.63) is 94.5 Å². The lowest BCUT2D eigenvalue weighted by Crippen LogP contribution is -2.42. The number of rotatable bonds is 10. The number of primary amides is 1. The lowest BCUT2D eigenvalue weighted by atomic mass is 9.93. The molecule has 4 rings (SSSR count). The van der Waals surface area contributed by atoms with E-state index in [1.54, 1.807) is 12.1 Å². The van der Waals surface area contributed by atoms with Gasteiger partial charge in [-0.3, -0.25) is 14.4 Å². The third-order valence-electron chi connectivity index (χ3n) is 7.04. The maximum atomic E-state index is 13.1. The molecule has 0 saturated heterocycles. The number of benzene rings is 3. The number of nitriles is 1. The van der Waals surface area contributed by atoms with E-state index in [1.165, 1.54) is 0 Å². The van der Waals surface area contributed by atoms with Gasteiger partial charge in [-0.2, -0.15) is 5.26 Å². The van der Waals surface area contributed by atoms with Crippen molar-refractivity contribution < 1.29 is 14.4 Å². The van der Waals surface area contributed by atoms with Gasteiger partial charge in [0.2, 0.25) is 5.91 Å². The Bertz CT molecular complexity index is 1340. The Morgan fingerprint density at radius 3 is 2.03 bits per heavy atom. The number of Topliss-reactive ketones (excluding diaryl/α,β-unsaturated/α-hetero) is 1. The molecule has 0 radical (unpaired) electrons. The number of nitrogens with one attached hydrogen (secondary N) is 1. The first kappa shape index (κ1) is 25.8. The third-order valence-corrected chi connectivity index (χ3v) is 7.04. The number of hydrogen-bond donors (Lipinski definition) is 2. The number of aryl methyl sites for hydroxylation is 2. The number of carbonyl (C=O) groups is 3. The minimum Gasteiger partial charge on any atom is -0.369 e. The molecule has 6 heteroatoms. The molecule has 1 atom stereocenters. The average molecular weight is 494 g/mol. The number of amides is 2. The third kappa shape index (κ3) is 5.95. The molecule has 0 heterocycles. The van der Waals surface area contributed by atoms with Gasteiger partial charge in [0.15, 0.2) is 5.78 Å². The lowest BCUT2D eigenvalue weighted by Gasteiger charge is -2.18. The highest BCUT2D eigenvalue weighted by molar-refractivity contribution is 5.98. The van der Waals surface area contributed by atoms with Crippen LogP contribution in [0.3, 0.4) is 0 Å². The summed E-state index contributed by atoms with van der Waals surface area (Å²) in [4.78, 5) is 37.7. The molecule has 3 N–H and O–H groups in total. The van der Waals surface area contributed by atoms with Crippen molar-refractivity contribution in [1.82, 2.24) is 5.32 Å². The Morgan fingerprint density at radius 2 is 1.51 bits per heavy atom. The van der Waals surface area contributed by atoms with Crippen molar-refractivity contribution in [1.29, 1.82) is 5.26 Å². The van der Waals surface area contributed by atoms with Crippen molar-refractivity contribution >= 4 is 17.6 Å². The summed E-state index contributed by atoms with van der Waals surface area (Å²) in [6, 6.07) is 22.4. The fourth-order valence-electron chi connectivity index (χ4n) is 4.86. The highest BCUT2D eigenvalue weighted by Gasteiger charge is 2.49. The fraction of sp³-hybridized carbons (Fsp3) is 0.290. The molecular weight excluding hydrogens is 462 g/mol. The molecule has 0 aliphatic heterocycles. The number of nitrogens with zero attached hydrogens (tertiary/aromatic N) is 1. The SMILES string of the molecule is Cc1cc(C)cc(C[C@H](NC(=O)c2ccc(-c3ccc(C4(C(N)=O)CC4)cc3)cc2)C(=O)CCC#N)c1. The van der Waals surface area contributed by atoms with Crippen LogP contribution in [-0.4, -0.2) is 23.6 Å². The van der Waals surface area contributed by atoms with Gasteiger partial charge in [0.05, 0.1) is 17.5 Å². The average Bonchev–Trinajstić information content (AvgIpc) is 3.69. The molecule has 0 spiro atoms.